The third-order valence-electron chi connectivity index (χ3n) is 4.45. The number of aliphatic hydroxyl groups is 1. The number of amides is 1. The molecule has 0 bridgehead atoms. The van der Waals surface area contributed by atoms with Crippen LogP contribution in [0.3, 0.4) is 0 Å². The fourth-order valence-corrected chi connectivity index (χ4v) is 3.23. The smallest absolute Gasteiger partial charge is 0.257 e. The van der Waals surface area contributed by atoms with Crippen molar-refractivity contribution in [2.45, 2.75) is 18.9 Å². The number of halogens is 1. The van der Waals surface area contributed by atoms with Crippen LogP contribution < -0.4 is 0 Å². The topological polar surface area (TPSA) is 73.7 Å². The van der Waals surface area contributed by atoms with E-state index < -0.39 is 6.10 Å². The maximum atomic E-state index is 12.6. The molecule has 0 spiro atoms. The van der Waals surface area contributed by atoms with Gasteiger partial charge in [-0.05, 0) is 49.1 Å². The van der Waals surface area contributed by atoms with Crippen molar-refractivity contribution < 1.29 is 15.0 Å². The molecule has 2 aromatic rings. The van der Waals surface area contributed by atoms with Crippen LogP contribution in [0.15, 0.2) is 42.6 Å². The molecule has 1 amide bonds. The molecule has 1 aromatic heterocycles. The predicted octanol–water partition coefficient (Wildman–Crippen LogP) is 3.03. The second-order valence-electron chi connectivity index (χ2n) is 5.99. The number of carbonyl (C=O) groups excluding carboxylic acids is 1. The molecule has 3 rings (SSSR count). The number of phenols is 1. The SMILES string of the molecule is O=C(c1cc(Cl)ccc1O)N1CCC([C@H](O)c2ccccn2)CC1. The number of benzene rings is 1. The Morgan fingerprint density at radius 2 is 2.00 bits per heavy atom. The zero-order chi connectivity index (χ0) is 17.1. The molecule has 6 heteroatoms. The van der Waals surface area contributed by atoms with Gasteiger partial charge in [0.15, 0.2) is 0 Å². The number of hydrogen-bond acceptors (Lipinski definition) is 4. The molecule has 0 aliphatic carbocycles. The highest BCUT2D eigenvalue weighted by molar-refractivity contribution is 6.31. The molecule has 0 unspecified atom stereocenters. The molecule has 1 aliphatic heterocycles. The lowest BCUT2D eigenvalue weighted by Crippen LogP contribution is -2.39. The number of aromatic hydroxyl groups is 1. The van der Waals surface area contributed by atoms with Crippen LogP contribution >= 0.6 is 11.6 Å². The van der Waals surface area contributed by atoms with Crippen molar-refractivity contribution >= 4 is 17.5 Å². The summed E-state index contributed by atoms with van der Waals surface area (Å²) in [6.45, 7) is 1.05. The van der Waals surface area contributed by atoms with Gasteiger partial charge >= 0.3 is 0 Å². The van der Waals surface area contributed by atoms with Gasteiger partial charge in [0.2, 0.25) is 0 Å². The average Bonchev–Trinajstić information content (AvgIpc) is 2.63. The largest absolute Gasteiger partial charge is 0.507 e. The van der Waals surface area contributed by atoms with Crippen molar-refractivity contribution in [2.75, 3.05) is 13.1 Å². The first-order chi connectivity index (χ1) is 11.6. The lowest BCUT2D eigenvalue weighted by molar-refractivity contribution is 0.0446. The molecule has 1 aromatic carbocycles. The summed E-state index contributed by atoms with van der Waals surface area (Å²) >= 11 is 5.91. The number of aliphatic hydroxyl groups excluding tert-OH is 1. The van der Waals surface area contributed by atoms with E-state index in [0.29, 0.717) is 36.6 Å². The normalized spacial score (nSPS) is 16.8. The van der Waals surface area contributed by atoms with E-state index in [1.54, 1.807) is 17.2 Å². The molecule has 0 saturated carbocycles. The van der Waals surface area contributed by atoms with Gasteiger partial charge in [0.1, 0.15) is 5.75 Å². The molecule has 126 valence electrons. The zero-order valence-electron chi connectivity index (χ0n) is 13.1. The molecule has 1 aliphatic rings. The van der Waals surface area contributed by atoms with Gasteiger partial charge in [-0.15, -0.1) is 0 Å². The zero-order valence-corrected chi connectivity index (χ0v) is 13.9. The Bertz CT molecular complexity index is 715. The van der Waals surface area contributed by atoms with Gasteiger partial charge < -0.3 is 15.1 Å². The monoisotopic (exact) mass is 346 g/mol. The first-order valence-corrected chi connectivity index (χ1v) is 8.31. The van der Waals surface area contributed by atoms with Gasteiger partial charge in [-0.25, -0.2) is 0 Å². The van der Waals surface area contributed by atoms with E-state index in [4.69, 9.17) is 11.6 Å². The van der Waals surface area contributed by atoms with E-state index in [2.05, 4.69) is 4.98 Å². The molecule has 2 N–H and O–H groups in total. The van der Waals surface area contributed by atoms with Crippen LogP contribution in [0.25, 0.3) is 0 Å². The second kappa shape index (κ2) is 7.20. The first kappa shape index (κ1) is 16.7. The summed E-state index contributed by atoms with van der Waals surface area (Å²) in [7, 11) is 0. The van der Waals surface area contributed by atoms with E-state index >= 15 is 0 Å². The van der Waals surface area contributed by atoms with Crippen molar-refractivity contribution in [1.82, 2.24) is 9.88 Å². The third kappa shape index (κ3) is 3.52. The minimum absolute atomic E-state index is 0.0666. The third-order valence-corrected chi connectivity index (χ3v) is 4.69. The molecule has 1 saturated heterocycles. The van der Waals surface area contributed by atoms with Gasteiger partial charge in [-0.1, -0.05) is 17.7 Å². The van der Waals surface area contributed by atoms with E-state index in [9.17, 15) is 15.0 Å². The highest BCUT2D eigenvalue weighted by Gasteiger charge is 2.30. The highest BCUT2D eigenvalue weighted by atomic mass is 35.5. The lowest BCUT2D eigenvalue weighted by atomic mass is 9.89. The Kier molecular flexibility index (Phi) is 5.02. The maximum Gasteiger partial charge on any atom is 0.257 e. The van der Waals surface area contributed by atoms with Gasteiger partial charge in [0, 0.05) is 24.3 Å². The van der Waals surface area contributed by atoms with Crippen LogP contribution in [0.4, 0.5) is 0 Å². The Hall–Kier alpha value is -2.11. The maximum absolute atomic E-state index is 12.6. The van der Waals surface area contributed by atoms with Crippen molar-refractivity contribution in [3.8, 4) is 5.75 Å². The van der Waals surface area contributed by atoms with Crippen LogP contribution in [0.1, 0.15) is 35.0 Å². The fraction of sp³-hybridized carbons (Fsp3) is 0.333. The number of nitrogens with zero attached hydrogens (tertiary/aromatic N) is 2. The summed E-state index contributed by atoms with van der Waals surface area (Å²) in [5.74, 6) is -0.238. The van der Waals surface area contributed by atoms with Gasteiger partial charge in [-0.2, -0.15) is 0 Å². The molecule has 24 heavy (non-hydrogen) atoms. The minimum atomic E-state index is -0.622. The number of aromatic nitrogens is 1. The Labute approximate surface area is 145 Å². The van der Waals surface area contributed by atoms with E-state index in [-0.39, 0.29) is 23.1 Å². The summed E-state index contributed by atoms with van der Waals surface area (Å²) < 4.78 is 0. The predicted molar refractivity (Wildman–Crippen MR) is 90.9 cm³/mol. The molecule has 1 atom stereocenters. The van der Waals surface area contributed by atoms with Crippen molar-refractivity contribution in [3.05, 3.63) is 58.9 Å². The summed E-state index contributed by atoms with van der Waals surface area (Å²) in [5.41, 5.74) is 0.876. The number of piperidine rings is 1. The standard InChI is InChI=1S/C18H19ClN2O3/c19-13-4-5-16(22)14(11-13)18(24)21-9-6-12(7-10-21)17(23)15-3-1-2-8-20-15/h1-5,8,11-12,17,22-23H,6-7,9-10H2/t17-/m0/s1. The Morgan fingerprint density at radius 1 is 1.25 bits per heavy atom. The second-order valence-corrected chi connectivity index (χ2v) is 6.43. The molecule has 2 heterocycles. The fourth-order valence-electron chi connectivity index (χ4n) is 3.06. The number of carbonyl (C=O) groups is 1. The van der Waals surface area contributed by atoms with Crippen molar-refractivity contribution in [3.63, 3.8) is 0 Å². The van der Waals surface area contributed by atoms with Gasteiger partial charge in [-0.3, -0.25) is 9.78 Å². The van der Waals surface area contributed by atoms with Crippen LogP contribution in [-0.4, -0.2) is 39.1 Å². The molecular weight excluding hydrogens is 328 g/mol. The van der Waals surface area contributed by atoms with Crippen LogP contribution in [0.2, 0.25) is 5.02 Å². The summed E-state index contributed by atoms with van der Waals surface area (Å²) in [4.78, 5) is 18.4. The highest BCUT2D eigenvalue weighted by Crippen LogP contribution is 2.31. The van der Waals surface area contributed by atoms with Gasteiger partial charge in [0.25, 0.3) is 5.91 Å². The average molecular weight is 347 g/mol. The number of phenolic OH excluding ortho intramolecular Hbond substituents is 1. The number of likely N-dealkylation sites (tertiary alicyclic amines) is 1. The summed E-state index contributed by atoms with van der Waals surface area (Å²) in [6, 6.07) is 9.93. The van der Waals surface area contributed by atoms with E-state index in [0.717, 1.165) is 0 Å². The van der Waals surface area contributed by atoms with Crippen molar-refractivity contribution in [1.29, 1.82) is 0 Å². The van der Waals surface area contributed by atoms with Gasteiger partial charge in [0.05, 0.1) is 17.4 Å². The number of hydrogen-bond donors (Lipinski definition) is 2. The number of rotatable bonds is 3. The molecule has 1 fully saturated rings. The minimum Gasteiger partial charge on any atom is -0.507 e. The molecule has 0 radical (unpaired) electrons. The van der Waals surface area contributed by atoms with E-state index in [1.807, 2.05) is 18.2 Å². The Morgan fingerprint density at radius 3 is 2.67 bits per heavy atom. The lowest BCUT2D eigenvalue weighted by Gasteiger charge is -2.34. The summed E-state index contributed by atoms with van der Waals surface area (Å²) in [5, 5.41) is 20.7. The van der Waals surface area contributed by atoms with Crippen molar-refractivity contribution in [2.24, 2.45) is 5.92 Å². The molecular formula is C18H19ClN2O3. The first-order valence-electron chi connectivity index (χ1n) is 7.93. The van der Waals surface area contributed by atoms with E-state index in [1.165, 1.54) is 12.1 Å². The number of pyridine rings is 1. The van der Waals surface area contributed by atoms with Crippen LogP contribution in [0.5, 0.6) is 5.75 Å². The summed E-state index contributed by atoms with van der Waals surface area (Å²) in [6.07, 6.45) is 2.41. The quantitative estimate of drug-likeness (QED) is 0.896. The van der Waals surface area contributed by atoms with Crippen LogP contribution in [0, 0.1) is 5.92 Å². The molecule has 5 nitrogen and oxygen atoms in total. The Balaban J connectivity index is 1.64. The van der Waals surface area contributed by atoms with Crippen LogP contribution in [-0.2, 0) is 0 Å².